The molecule has 74 valence electrons. The predicted molar refractivity (Wildman–Crippen MR) is 51.1 cm³/mol. The number of piperidine rings is 1. The van der Waals surface area contributed by atoms with Gasteiger partial charge in [-0.15, -0.1) is 0 Å². The lowest BCUT2D eigenvalue weighted by Gasteiger charge is -2.35. The summed E-state index contributed by atoms with van der Waals surface area (Å²) in [6.45, 7) is 5.12. The molecule has 0 aromatic rings. The Labute approximate surface area is 80.0 Å². The molecule has 1 N–H and O–H groups in total. The van der Waals surface area contributed by atoms with Gasteiger partial charge in [0.2, 0.25) is 0 Å². The van der Waals surface area contributed by atoms with Crippen molar-refractivity contribution in [3.63, 3.8) is 0 Å². The van der Waals surface area contributed by atoms with E-state index in [4.69, 9.17) is 5.26 Å². The molecule has 0 radical (unpaired) electrons. The van der Waals surface area contributed by atoms with Gasteiger partial charge < -0.3 is 5.11 Å². The largest absolute Gasteiger partial charge is 0.389 e. The predicted octanol–water partition coefficient (Wildman–Crippen LogP) is 1.14. The number of aliphatic hydroxyl groups is 1. The molecule has 1 saturated heterocycles. The first-order chi connectivity index (χ1) is 6.03. The molecule has 13 heavy (non-hydrogen) atoms. The maximum atomic E-state index is 9.63. The monoisotopic (exact) mass is 182 g/mol. The summed E-state index contributed by atoms with van der Waals surface area (Å²) in [5.41, 5.74) is -0.688. The number of likely N-dealkylation sites (tertiary alicyclic amines) is 1. The molecule has 0 aromatic heterocycles. The van der Waals surface area contributed by atoms with Crippen molar-refractivity contribution in [2.75, 3.05) is 13.1 Å². The smallest absolute Gasteiger partial charge is 0.0978 e. The number of hydrogen-bond donors (Lipinski definition) is 1. The van der Waals surface area contributed by atoms with Crippen LogP contribution in [0.4, 0.5) is 0 Å². The first-order valence-corrected chi connectivity index (χ1v) is 4.89. The average molecular weight is 182 g/mol. The van der Waals surface area contributed by atoms with E-state index < -0.39 is 5.60 Å². The Morgan fingerprint density at radius 2 is 2.23 bits per heavy atom. The van der Waals surface area contributed by atoms with Gasteiger partial charge in [-0.1, -0.05) is 0 Å². The van der Waals surface area contributed by atoms with Crippen LogP contribution in [0.5, 0.6) is 0 Å². The third-order valence-corrected chi connectivity index (χ3v) is 2.35. The summed E-state index contributed by atoms with van der Waals surface area (Å²) in [6.07, 6.45) is 3.24. The maximum Gasteiger partial charge on any atom is 0.0978 e. The summed E-state index contributed by atoms with van der Waals surface area (Å²) in [5.74, 6) is 0. The van der Waals surface area contributed by atoms with Crippen LogP contribution in [0.15, 0.2) is 0 Å². The van der Waals surface area contributed by atoms with E-state index in [9.17, 15) is 5.11 Å². The summed E-state index contributed by atoms with van der Waals surface area (Å²) in [4.78, 5) is 2.09. The number of hydrogen-bond acceptors (Lipinski definition) is 3. The lowest BCUT2D eigenvalue weighted by atomic mass is 10.0. The molecular formula is C10H18N2O. The first kappa shape index (κ1) is 10.5. The minimum Gasteiger partial charge on any atom is -0.389 e. The fraction of sp³-hybridized carbons (Fsp3) is 0.900. The Hall–Kier alpha value is -0.590. The van der Waals surface area contributed by atoms with Crippen molar-refractivity contribution >= 4 is 0 Å². The summed E-state index contributed by atoms with van der Waals surface area (Å²) in [6, 6.07) is 2.31. The van der Waals surface area contributed by atoms with Gasteiger partial charge in [0.25, 0.3) is 0 Å². The van der Waals surface area contributed by atoms with Crippen LogP contribution in [-0.4, -0.2) is 34.7 Å². The van der Waals surface area contributed by atoms with Gasteiger partial charge in [0.15, 0.2) is 0 Å². The van der Waals surface area contributed by atoms with E-state index in [1.807, 2.05) is 0 Å². The van der Waals surface area contributed by atoms with Gasteiger partial charge in [-0.05, 0) is 39.7 Å². The minimum absolute atomic E-state index is 0.0141. The van der Waals surface area contributed by atoms with Crippen LogP contribution in [0.25, 0.3) is 0 Å². The van der Waals surface area contributed by atoms with E-state index >= 15 is 0 Å². The van der Waals surface area contributed by atoms with Gasteiger partial charge in [-0.2, -0.15) is 5.26 Å². The van der Waals surface area contributed by atoms with E-state index in [0.29, 0.717) is 6.54 Å². The van der Waals surface area contributed by atoms with Crippen molar-refractivity contribution in [3.05, 3.63) is 0 Å². The molecule has 1 heterocycles. The number of nitriles is 1. The lowest BCUT2D eigenvalue weighted by molar-refractivity contribution is 0.0198. The van der Waals surface area contributed by atoms with Crippen LogP contribution in [0.3, 0.4) is 0 Å². The fourth-order valence-electron chi connectivity index (χ4n) is 1.82. The van der Waals surface area contributed by atoms with Gasteiger partial charge in [-0.25, -0.2) is 0 Å². The van der Waals surface area contributed by atoms with Crippen LogP contribution in [0.2, 0.25) is 0 Å². The first-order valence-electron chi connectivity index (χ1n) is 4.89. The molecule has 3 heteroatoms. The molecule has 0 saturated carbocycles. The van der Waals surface area contributed by atoms with E-state index in [-0.39, 0.29) is 6.04 Å². The van der Waals surface area contributed by atoms with Crippen molar-refractivity contribution in [1.82, 2.24) is 4.90 Å². The third-order valence-electron chi connectivity index (χ3n) is 2.35. The van der Waals surface area contributed by atoms with E-state index in [0.717, 1.165) is 25.8 Å². The molecular weight excluding hydrogens is 164 g/mol. The van der Waals surface area contributed by atoms with Crippen LogP contribution < -0.4 is 0 Å². The van der Waals surface area contributed by atoms with E-state index in [1.54, 1.807) is 13.8 Å². The molecule has 0 bridgehead atoms. The fourth-order valence-corrected chi connectivity index (χ4v) is 1.82. The maximum absolute atomic E-state index is 9.63. The van der Waals surface area contributed by atoms with Gasteiger partial charge in [0, 0.05) is 6.54 Å². The van der Waals surface area contributed by atoms with Gasteiger partial charge in [0.1, 0.15) is 0 Å². The zero-order valence-corrected chi connectivity index (χ0v) is 8.45. The summed E-state index contributed by atoms with van der Waals surface area (Å²) >= 11 is 0. The van der Waals surface area contributed by atoms with Crippen LogP contribution in [-0.2, 0) is 0 Å². The highest BCUT2D eigenvalue weighted by molar-refractivity contribution is 4.95. The topological polar surface area (TPSA) is 47.3 Å². The third kappa shape index (κ3) is 3.33. The highest BCUT2D eigenvalue weighted by atomic mass is 16.3. The Kier molecular flexibility index (Phi) is 3.29. The standard InChI is InChI=1S/C10H18N2O/c1-10(2,13)8-12-6-4-3-5-9(12)7-11/h9,13H,3-6,8H2,1-2H3. The normalized spacial score (nSPS) is 25.5. The quantitative estimate of drug-likeness (QED) is 0.696. The van der Waals surface area contributed by atoms with Crippen molar-refractivity contribution in [1.29, 1.82) is 5.26 Å². The summed E-state index contributed by atoms with van der Waals surface area (Å²) in [5, 5.41) is 18.5. The molecule has 0 amide bonds. The Morgan fingerprint density at radius 3 is 2.77 bits per heavy atom. The SMILES string of the molecule is CC(C)(O)CN1CCCCC1C#N. The molecule has 1 fully saturated rings. The number of nitrogens with zero attached hydrogens (tertiary/aromatic N) is 2. The molecule has 0 aliphatic carbocycles. The second kappa shape index (κ2) is 4.08. The van der Waals surface area contributed by atoms with Crippen LogP contribution in [0, 0.1) is 11.3 Å². The van der Waals surface area contributed by atoms with Crippen LogP contribution >= 0.6 is 0 Å². The van der Waals surface area contributed by atoms with Crippen molar-refractivity contribution in [2.24, 2.45) is 0 Å². The molecule has 1 rings (SSSR count). The van der Waals surface area contributed by atoms with Gasteiger partial charge >= 0.3 is 0 Å². The zero-order chi connectivity index (χ0) is 9.90. The highest BCUT2D eigenvalue weighted by Gasteiger charge is 2.26. The van der Waals surface area contributed by atoms with Crippen molar-refractivity contribution < 1.29 is 5.11 Å². The van der Waals surface area contributed by atoms with E-state index in [2.05, 4.69) is 11.0 Å². The molecule has 1 atom stereocenters. The van der Waals surface area contributed by atoms with Crippen molar-refractivity contribution in [3.8, 4) is 6.07 Å². The number of β-amino-alcohol motifs (C(OH)–C–C–N with tert-alkyl or cyclic N) is 1. The van der Waals surface area contributed by atoms with E-state index in [1.165, 1.54) is 0 Å². The molecule has 0 spiro atoms. The Balaban J connectivity index is 2.51. The van der Waals surface area contributed by atoms with Gasteiger partial charge in [0.05, 0.1) is 17.7 Å². The van der Waals surface area contributed by atoms with Crippen molar-refractivity contribution in [2.45, 2.75) is 44.8 Å². The molecule has 1 aliphatic rings. The summed E-state index contributed by atoms with van der Waals surface area (Å²) in [7, 11) is 0. The molecule has 3 nitrogen and oxygen atoms in total. The van der Waals surface area contributed by atoms with Crippen LogP contribution in [0.1, 0.15) is 33.1 Å². The second-order valence-electron chi connectivity index (χ2n) is 4.42. The molecule has 0 aromatic carbocycles. The number of rotatable bonds is 2. The minimum atomic E-state index is -0.688. The Morgan fingerprint density at radius 1 is 1.54 bits per heavy atom. The second-order valence-corrected chi connectivity index (χ2v) is 4.42. The lowest BCUT2D eigenvalue weighted by Crippen LogP contribution is -2.46. The zero-order valence-electron chi connectivity index (χ0n) is 8.45. The summed E-state index contributed by atoms with van der Waals surface area (Å²) < 4.78 is 0. The molecule has 1 unspecified atom stereocenters. The molecule has 1 aliphatic heterocycles. The highest BCUT2D eigenvalue weighted by Crippen LogP contribution is 2.18. The average Bonchev–Trinajstić information content (AvgIpc) is 2.02. The van der Waals surface area contributed by atoms with Gasteiger partial charge in [-0.3, -0.25) is 4.90 Å². The Bertz CT molecular complexity index is 202.